The van der Waals surface area contributed by atoms with Crippen molar-refractivity contribution in [3.63, 3.8) is 0 Å². The summed E-state index contributed by atoms with van der Waals surface area (Å²) in [5.74, 6) is 1.63. The Bertz CT molecular complexity index is 373. The van der Waals surface area contributed by atoms with E-state index < -0.39 is 0 Å². The van der Waals surface area contributed by atoms with Crippen molar-refractivity contribution >= 4 is 15.9 Å². The zero-order valence-electron chi connectivity index (χ0n) is 10.8. The molecule has 0 radical (unpaired) electrons. The molecule has 0 amide bonds. The zero-order valence-corrected chi connectivity index (χ0v) is 12.4. The van der Waals surface area contributed by atoms with Gasteiger partial charge in [0.2, 0.25) is 0 Å². The molecule has 0 aliphatic carbocycles. The Morgan fingerprint density at radius 2 is 2.11 bits per heavy atom. The van der Waals surface area contributed by atoms with Gasteiger partial charge in [0.25, 0.3) is 0 Å². The number of benzene rings is 1. The van der Waals surface area contributed by atoms with Crippen LogP contribution in [0.25, 0.3) is 0 Å². The first kappa shape index (κ1) is 13.7. The van der Waals surface area contributed by atoms with Gasteiger partial charge in [-0.2, -0.15) is 0 Å². The van der Waals surface area contributed by atoms with Gasteiger partial charge in [-0.05, 0) is 31.5 Å². The lowest BCUT2D eigenvalue weighted by molar-refractivity contribution is 0.202. The number of para-hydroxylation sites is 2. The average Bonchev–Trinajstić information content (AvgIpc) is 2.87. The van der Waals surface area contributed by atoms with Gasteiger partial charge in [0.1, 0.15) is 6.61 Å². The number of likely N-dealkylation sites (tertiary alicyclic amines) is 1. The maximum absolute atomic E-state index is 5.80. The van der Waals surface area contributed by atoms with Crippen molar-refractivity contribution in [3.05, 3.63) is 24.3 Å². The highest BCUT2D eigenvalue weighted by atomic mass is 79.9. The first-order valence-electron chi connectivity index (χ1n) is 6.41. The fraction of sp³-hybridized carbons (Fsp3) is 0.571. The van der Waals surface area contributed by atoms with E-state index in [1.807, 2.05) is 24.3 Å². The van der Waals surface area contributed by atoms with Gasteiger partial charge in [-0.1, -0.05) is 28.1 Å². The number of ether oxygens (including phenoxy) is 2. The quantitative estimate of drug-likeness (QED) is 0.754. The molecule has 18 heavy (non-hydrogen) atoms. The highest BCUT2D eigenvalue weighted by Crippen LogP contribution is 2.26. The predicted molar refractivity (Wildman–Crippen MR) is 76.9 cm³/mol. The fourth-order valence-electron chi connectivity index (χ4n) is 2.38. The Morgan fingerprint density at radius 1 is 1.33 bits per heavy atom. The molecule has 1 saturated heterocycles. The number of alkyl halides is 1. The summed E-state index contributed by atoms with van der Waals surface area (Å²) in [4.78, 5) is 2.49. The second-order valence-corrected chi connectivity index (χ2v) is 5.13. The topological polar surface area (TPSA) is 21.7 Å². The molecule has 0 saturated carbocycles. The Kier molecular flexibility index (Phi) is 5.32. The number of hydrogen-bond donors (Lipinski definition) is 0. The van der Waals surface area contributed by atoms with Crippen LogP contribution in [-0.2, 0) is 0 Å². The Balaban J connectivity index is 1.81. The van der Waals surface area contributed by atoms with Crippen LogP contribution in [0.1, 0.15) is 12.8 Å². The van der Waals surface area contributed by atoms with Crippen molar-refractivity contribution in [3.8, 4) is 11.5 Å². The maximum atomic E-state index is 5.80. The highest BCUT2D eigenvalue weighted by Gasteiger charge is 2.22. The van der Waals surface area contributed by atoms with Crippen molar-refractivity contribution in [1.29, 1.82) is 0 Å². The Morgan fingerprint density at radius 3 is 2.83 bits per heavy atom. The lowest BCUT2D eigenvalue weighted by atomic mass is 10.2. The smallest absolute Gasteiger partial charge is 0.161 e. The third-order valence-electron chi connectivity index (χ3n) is 3.38. The van der Waals surface area contributed by atoms with E-state index in [0.29, 0.717) is 12.6 Å². The molecule has 1 heterocycles. The third-order valence-corrected chi connectivity index (χ3v) is 4.13. The van der Waals surface area contributed by atoms with E-state index in [-0.39, 0.29) is 0 Å². The van der Waals surface area contributed by atoms with E-state index in [2.05, 4.69) is 20.8 Å². The molecule has 1 fully saturated rings. The molecule has 1 atom stereocenters. The molecule has 0 aromatic heterocycles. The number of nitrogens with zero attached hydrogens (tertiary/aromatic N) is 1. The first-order valence-corrected chi connectivity index (χ1v) is 7.53. The van der Waals surface area contributed by atoms with Gasteiger partial charge in [0.05, 0.1) is 7.11 Å². The lowest BCUT2D eigenvalue weighted by Crippen LogP contribution is -2.34. The van der Waals surface area contributed by atoms with Crippen LogP contribution in [0.3, 0.4) is 0 Å². The van der Waals surface area contributed by atoms with Gasteiger partial charge in [0, 0.05) is 17.9 Å². The van der Waals surface area contributed by atoms with E-state index in [1.54, 1.807) is 7.11 Å². The van der Waals surface area contributed by atoms with Crippen LogP contribution in [0, 0.1) is 0 Å². The normalized spacial score (nSPS) is 20.0. The summed E-state index contributed by atoms with van der Waals surface area (Å²) < 4.78 is 11.1. The van der Waals surface area contributed by atoms with Crippen molar-refractivity contribution < 1.29 is 9.47 Å². The second-order valence-electron chi connectivity index (χ2n) is 4.49. The standard InChI is InChI=1S/C14H20BrNO2/c1-17-13-6-2-3-7-14(13)18-10-9-16-8-4-5-12(16)11-15/h2-3,6-7,12H,4-5,8-11H2,1H3. The molecule has 1 aromatic carbocycles. The molecule has 100 valence electrons. The van der Waals surface area contributed by atoms with Gasteiger partial charge in [-0.25, -0.2) is 0 Å². The van der Waals surface area contributed by atoms with Crippen LogP contribution in [-0.4, -0.2) is 43.1 Å². The van der Waals surface area contributed by atoms with Gasteiger partial charge in [-0.15, -0.1) is 0 Å². The minimum atomic E-state index is 0.672. The van der Waals surface area contributed by atoms with Crippen LogP contribution < -0.4 is 9.47 Å². The molecule has 1 aromatic rings. The number of halogens is 1. The van der Waals surface area contributed by atoms with E-state index in [0.717, 1.165) is 23.4 Å². The van der Waals surface area contributed by atoms with Crippen molar-refractivity contribution in [2.24, 2.45) is 0 Å². The maximum Gasteiger partial charge on any atom is 0.161 e. The van der Waals surface area contributed by atoms with E-state index in [9.17, 15) is 0 Å². The molecule has 3 nitrogen and oxygen atoms in total. The molecule has 0 N–H and O–H groups in total. The van der Waals surface area contributed by atoms with Gasteiger partial charge < -0.3 is 9.47 Å². The number of hydrogen-bond acceptors (Lipinski definition) is 3. The number of rotatable bonds is 6. The molecule has 0 spiro atoms. The summed E-state index contributed by atoms with van der Waals surface area (Å²) in [6.07, 6.45) is 2.59. The van der Waals surface area contributed by atoms with E-state index >= 15 is 0 Å². The Labute approximate surface area is 117 Å². The average molecular weight is 314 g/mol. The van der Waals surface area contributed by atoms with E-state index in [1.165, 1.54) is 19.4 Å². The molecule has 1 aliphatic rings. The van der Waals surface area contributed by atoms with Gasteiger partial charge in [-0.3, -0.25) is 4.90 Å². The van der Waals surface area contributed by atoms with Crippen molar-refractivity contribution in [2.75, 3.05) is 32.1 Å². The van der Waals surface area contributed by atoms with Crippen LogP contribution in [0.5, 0.6) is 11.5 Å². The lowest BCUT2D eigenvalue weighted by Gasteiger charge is -2.22. The monoisotopic (exact) mass is 313 g/mol. The summed E-state index contributed by atoms with van der Waals surface area (Å²) >= 11 is 3.57. The Hall–Kier alpha value is -0.740. The third kappa shape index (κ3) is 3.39. The summed E-state index contributed by atoms with van der Waals surface area (Å²) in [7, 11) is 1.67. The van der Waals surface area contributed by atoms with Crippen LogP contribution in [0.4, 0.5) is 0 Å². The SMILES string of the molecule is COc1ccccc1OCCN1CCCC1CBr. The molecule has 2 rings (SSSR count). The minimum Gasteiger partial charge on any atom is -0.493 e. The molecule has 1 aliphatic heterocycles. The number of methoxy groups -OCH3 is 1. The van der Waals surface area contributed by atoms with Crippen molar-refractivity contribution in [2.45, 2.75) is 18.9 Å². The van der Waals surface area contributed by atoms with E-state index in [4.69, 9.17) is 9.47 Å². The van der Waals surface area contributed by atoms with Crippen LogP contribution in [0.2, 0.25) is 0 Å². The van der Waals surface area contributed by atoms with Crippen molar-refractivity contribution in [1.82, 2.24) is 4.90 Å². The predicted octanol–water partition coefficient (Wildman–Crippen LogP) is 2.93. The highest BCUT2D eigenvalue weighted by molar-refractivity contribution is 9.09. The second kappa shape index (κ2) is 7.00. The minimum absolute atomic E-state index is 0.672. The van der Waals surface area contributed by atoms with Gasteiger partial charge >= 0.3 is 0 Å². The van der Waals surface area contributed by atoms with Crippen LogP contribution in [0.15, 0.2) is 24.3 Å². The first-order chi connectivity index (χ1) is 8.85. The summed E-state index contributed by atoms with van der Waals surface area (Å²) in [6, 6.07) is 8.46. The summed E-state index contributed by atoms with van der Waals surface area (Å²) in [5.41, 5.74) is 0. The van der Waals surface area contributed by atoms with Gasteiger partial charge in [0.15, 0.2) is 11.5 Å². The molecule has 1 unspecified atom stereocenters. The molecular formula is C14H20BrNO2. The van der Waals surface area contributed by atoms with Crippen LogP contribution >= 0.6 is 15.9 Å². The molecule has 4 heteroatoms. The summed E-state index contributed by atoms with van der Waals surface area (Å²) in [5, 5.41) is 1.06. The zero-order chi connectivity index (χ0) is 12.8. The summed E-state index contributed by atoms with van der Waals surface area (Å²) in [6.45, 7) is 2.88. The molecular weight excluding hydrogens is 294 g/mol. The molecule has 0 bridgehead atoms. The largest absolute Gasteiger partial charge is 0.493 e. The fourth-order valence-corrected chi connectivity index (χ4v) is 3.11.